The summed E-state index contributed by atoms with van der Waals surface area (Å²) in [5.74, 6) is 0.185. The molecular weight excluding hydrogens is 418 g/mol. The number of nitrogens with zero attached hydrogens (tertiary/aromatic N) is 4. The zero-order valence-electron chi connectivity index (χ0n) is 15.2. The maximum Gasteiger partial charge on any atom is 0.271 e. The molecule has 3 aromatic rings. The molecule has 150 valence electrons. The molecule has 0 aliphatic heterocycles. The fraction of sp³-hybridized carbons (Fsp3) is 0.167. The van der Waals surface area contributed by atoms with Crippen molar-refractivity contribution >= 4 is 40.6 Å². The Balaban J connectivity index is 1.72. The maximum atomic E-state index is 12.3. The number of carbonyl (C=O) groups excluding carboxylic acids is 1. The summed E-state index contributed by atoms with van der Waals surface area (Å²) < 4.78 is 1.79. The first kappa shape index (κ1) is 20.6. The van der Waals surface area contributed by atoms with Crippen LogP contribution in [0.15, 0.2) is 47.6 Å². The van der Waals surface area contributed by atoms with Gasteiger partial charge in [0.05, 0.1) is 26.9 Å². The van der Waals surface area contributed by atoms with Crippen LogP contribution in [0.4, 0.5) is 11.4 Å². The summed E-state index contributed by atoms with van der Waals surface area (Å²) in [6.07, 6.45) is 0. The first-order valence-corrected chi connectivity index (χ1v) is 9.85. The van der Waals surface area contributed by atoms with E-state index in [0.717, 1.165) is 11.8 Å². The monoisotopic (exact) mass is 433 g/mol. The molecular formula is C18H16ClN5O4S. The van der Waals surface area contributed by atoms with Gasteiger partial charge < -0.3 is 15.0 Å². The van der Waals surface area contributed by atoms with E-state index in [4.69, 9.17) is 11.6 Å². The molecule has 0 fully saturated rings. The molecule has 1 aromatic heterocycles. The van der Waals surface area contributed by atoms with E-state index >= 15 is 0 Å². The minimum absolute atomic E-state index is 0.00206. The molecule has 2 aromatic carbocycles. The topological polar surface area (TPSA) is 123 Å². The fourth-order valence-corrected chi connectivity index (χ4v) is 3.55. The first-order valence-electron chi connectivity index (χ1n) is 8.48. The Morgan fingerprint density at radius 1 is 1.31 bits per heavy atom. The summed E-state index contributed by atoms with van der Waals surface area (Å²) in [4.78, 5) is 22.6. The van der Waals surface area contributed by atoms with Crippen LogP contribution in [0.25, 0.3) is 11.4 Å². The van der Waals surface area contributed by atoms with Gasteiger partial charge in [-0.3, -0.25) is 14.9 Å². The van der Waals surface area contributed by atoms with Gasteiger partial charge in [-0.25, -0.2) is 0 Å². The van der Waals surface area contributed by atoms with E-state index in [1.165, 1.54) is 18.2 Å². The second-order valence-corrected chi connectivity index (χ2v) is 7.18. The molecule has 29 heavy (non-hydrogen) atoms. The largest absolute Gasteiger partial charge is 0.507 e. The number of phenolic OH excluding ortho intramolecular Hbond substituents is 1. The summed E-state index contributed by atoms with van der Waals surface area (Å²) in [6, 6.07) is 10.6. The van der Waals surface area contributed by atoms with Gasteiger partial charge in [0.25, 0.3) is 5.69 Å². The standard InChI is InChI=1S/C18H16ClN5O4S/c1-2-23-17(12-5-3-4-6-15(12)25)21-22-18(23)29-10-16(26)20-14-9-11(24(27)28)7-8-13(14)19/h3-9,25H,2,10H2,1H3,(H,20,26). The Labute approximate surface area is 174 Å². The number of para-hydroxylation sites is 1. The van der Waals surface area contributed by atoms with Crippen LogP contribution in [-0.2, 0) is 11.3 Å². The van der Waals surface area contributed by atoms with Gasteiger partial charge in [-0.2, -0.15) is 0 Å². The molecule has 3 rings (SSSR count). The number of nitro benzene ring substituents is 1. The average Bonchev–Trinajstić information content (AvgIpc) is 3.11. The summed E-state index contributed by atoms with van der Waals surface area (Å²) in [6.45, 7) is 2.44. The van der Waals surface area contributed by atoms with Crippen molar-refractivity contribution in [1.29, 1.82) is 0 Å². The third-order valence-electron chi connectivity index (χ3n) is 3.95. The van der Waals surface area contributed by atoms with Crippen LogP contribution < -0.4 is 5.32 Å². The number of non-ortho nitro benzene ring substituents is 1. The normalized spacial score (nSPS) is 10.7. The molecule has 1 amide bonds. The Bertz CT molecular complexity index is 1070. The number of hydrogen-bond acceptors (Lipinski definition) is 7. The highest BCUT2D eigenvalue weighted by Gasteiger charge is 2.17. The van der Waals surface area contributed by atoms with Gasteiger partial charge in [-0.15, -0.1) is 10.2 Å². The van der Waals surface area contributed by atoms with Crippen molar-refractivity contribution < 1.29 is 14.8 Å². The SMILES string of the molecule is CCn1c(SCC(=O)Nc2cc([N+](=O)[O-])ccc2Cl)nnc1-c1ccccc1O. The van der Waals surface area contributed by atoms with E-state index < -0.39 is 10.8 Å². The predicted molar refractivity (Wildman–Crippen MR) is 110 cm³/mol. The third kappa shape index (κ3) is 4.66. The Kier molecular flexibility index (Phi) is 6.35. The van der Waals surface area contributed by atoms with Crippen molar-refractivity contribution in [2.45, 2.75) is 18.6 Å². The van der Waals surface area contributed by atoms with Crippen molar-refractivity contribution in [3.63, 3.8) is 0 Å². The number of benzene rings is 2. The molecule has 0 radical (unpaired) electrons. The van der Waals surface area contributed by atoms with Gasteiger partial charge in [0.2, 0.25) is 5.91 Å². The smallest absolute Gasteiger partial charge is 0.271 e. The van der Waals surface area contributed by atoms with E-state index in [1.54, 1.807) is 28.8 Å². The number of amides is 1. The van der Waals surface area contributed by atoms with Gasteiger partial charge in [-0.05, 0) is 25.1 Å². The summed E-state index contributed by atoms with van der Waals surface area (Å²) in [7, 11) is 0. The lowest BCUT2D eigenvalue weighted by Crippen LogP contribution is -2.15. The molecule has 0 spiro atoms. The van der Waals surface area contributed by atoms with Crippen molar-refractivity contribution in [2.75, 3.05) is 11.1 Å². The second kappa shape index (κ2) is 8.93. The van der Waals surface area contributed by atoms with E-state index in [1.807, 2.05) is 6.92 Å². The lowest BCUT2D eigenvalue weighted by atomic mass is 10.2. The van der Waals surface area contributed by atoms with E-state index in [2.05, 4.69) is 15.5 Å². The van der Waals surface area contributed by atoms with Crippen LogP contribution in [0.3, 0.4) is 0 Å². The zero-order valence-corrected chi connectivity index (χ0v) is 16.8. The fourth-order valence-electron chi connectivity index (χ4n) is 2.58. The van der Waals surface area contributed by atoms with Crippen molar-refractivity contribution in [3.05, 3.63) is 57.6 Å². The van der Waals surface area contributed by atoms with Crippen molar-refractivity contribution in [1.82, 2.24) is 14.8 Å². The van der Waals surface area contributed by atoms with Crippen molar-refractivity contribution in [3.8, 4) is 17.1 Å². The molecule has 0 saturated heterocycles. The number of phenols is 1. The van der Waals surface area contributed by atoms with Crippen LogP contribution >= 0.6 is 23.4 Å². The molecule has 0 saturated carbocycles. The number of nitro groups is 1. The third-order valence-corrected chi connectivity index (χ3v) is 5.24. The number of nitrogens with one attached hydrogen (secondary N) is 1. The number of thioether (sulfide) groups is 1. The molecule has 0 atom stereocenters. The van der Waals surface area contributed by atoms with E-state index in [9.17, 15) is 20.0 Å². The predicted octanol–water partition coefficient (Wildman–Crippen LogP) is 3.96. The Hall–Kier alpha value is -3.11. The van der Waals surface area contributed by atoms with Crippen LogP contribution in [0.2, 0.25) is 5.02 Å². The zero-order chi connectivity index (χ0) is 21.0. The summed E-state index contributed by atoms with van der Waals surface area (Å²) in [5, 5.41) is 32.4. The lowest BCUT2D eigenvalue weighted by Gasteiger charge is -2.09. The van der Waals surface area contributed by atoms with E-state index in [-0.39, 0.29) is 27.9 Å². The number of aromatic hydroxyl groups is 1. The quantitative estimate of drug-likeness (QED) is 0.328. The van der Waals surface area contributed by atoms with Crippen molar-refractivity contribution in [2.24, 2.45) is 0 Å². The Morgan fingerprint density at radius 2 is 2.07 bits per heavy atom. The minimum atomic E-state index is -0.564. The highest BCUT2D eigenvalue weighted by atomic mass is 35.5. The number of hydrogen-bond donors (Lipinski definition) is 2. The van der Waals surface area contributed by atoms with Gasteiger partial charge >= 0.3 is 0 Å². The molecule has 0 unspecified atom stereocenters. The van der Waals surface area contributed by atoms with Gasteiger partial charge in [0, 0.05) is 18.7 Å². The van der Waals surface area contributed by atoms with E-state index in [0.29, 0.717) is 23.1 Å². The lowest BCUT2D eigenvalue weighted by molar-refractivity contribution is -0.384. The molecule has 0 bridgehead atoms. The average molecular weight is 434 g/mol. The van der Waals surface area contributed by atoms with Crippen LogP contribution in [-0.4, -0.2) is 36.5 Å². The number of rotatable bonds is 7. The minimum Gasteiger partial charge on any atom is -0.507 e. The maximum absolute atomic E-state index is 12.3. The first-order chi connectivity index (χ1) is 13.9. The molecule has 9 nitrogen and oxygen atoms in total. The number of aromatic nitrogens is 3. The molecule has 2 N–H and O–H groups in total. The highest BCUT2D eigenvalue weighted by Crippen LogP contribution is 2.30. The van der Waals surface area contributed by atoms with Crippen LogP contribution in [0.1, 0.15) is 6.92 Å². The van der Waals surface area contributed by atoms with Gasteiger partial charge in [0.1, 0.15) is 5.75 Å². The van der Waals surface area contributed by atoms with Crippen LogP contribution in [0, 0.1) is 10.1 Å². The number of halogens is 1. The van der Waals surface area contributed by atoms with Gasteiger partial charge in [-0.1, -0.05) is 35.5 Å². The number of carbonyl (C=O) groups is 1. The number of anilines is 1. The molecule has 1 heterocycles. The van der Waals surface area contributed by atoms with Crippen LogP contribution in [0.5, 0.6) is 5.75 Å². The molecule has 0 aliphatic carbocycles. The second-order valence-electron chi connectivity index (χ2n) is 5.83. The molecule has 0 aliphatic rings. The Morgan fingerprint density at radius 3 is 2.76 bits per heavy atom. The summed E-state index contributed by atoms with van der Waals surface area (Å²) >= 11 is 7.16. The highest BCUT2D eigenvalue weighted by molar-refractivity contribution is 7.99. The van der Waals surface area contributed by atoms with Gasteiger partial charge in [0.15, 0.2) is 11.0 Å². The molecule has 11 heteroatoms. The summed E-state index contributed by atoms with van der Waals surface area (Å²) in [5.41, 5.74) is 0.537.